The molecule has 1 aliphatic rings. The average molecular weight is 351 g/mol. The predicted molar refractivity (Wildman–Crippen MR) is 84.6 cm³/mol. The normalized spacial score (nSPS) is 17.6. The third kappa shape index (κ3) is 4.68. The number of likely N-dealkylation sites (tertiary alicyclic amines) is 1. The minimum Gasteiger partial charge on any atom is -0.493 e. The maximum atomic E-state index is 12.6. The Bertz CT molecular complexity index is 531. The van der Waals surface area contributed by atoms with Gasteiger partial charge in [-0.2, -0.15) is 8.78 Å². The van der Waals surface area contributed by atoms with Crippen molar-refractivity contribution in [1.82, 2.24) is 4.90 Å². The van der Waals surface area contributed by atoms with E-state index in [9.17, 15) is 13.6 Å². The molecule has 0 bridgehead atoms. The molecule has 23 heavy (non-hydrogen) atoms. The number of halogens is 3. The Morgan fingerprint density at radius 1 is 1.39 bits per heavy atom. The van der Waals surface area contributed by atoms with Crippen LogP contribution in [0.4, 0.5) is 8.78 Å². The number of nitrogens with two attached hydrogens (primary N) is 1. The molecule has 1 unspecified atom stereocenters. The SMILES string of the molecule is COc1cc(C(=O)N2CCCCC2CN)ccc1OC(F)F.Cl. The molecule has 1 aliphatic heterocycles. The first kappa shape index (κ1) is 19.4. The number of piperidine rings is 1. The Kier molecular flexibility index (Phi) is 7.51. The van der Waals surface area contributed by atoms with E-state index in [2.05, 4.69) is 4.74 Å². The number of nitrogens with zero attached hydrogens (tertiary/aromatic N) is 1. The molecule has 1 atom stereocenters. The molecule has 0 saturated carbocycles. The van der Waals surface area contributed by atoms with Crippen molar-refractivity contribution in [2.24, 2.45) is 5.73 Å². The van der Waals surface area contributed by atoms with E-state index < -0.39 is 6.61 Å². The van der Waals surface area contributed by atoms with Gasteiger partial charge in [0.25, 0.3) is 5.91 Å². The lowest BCUT2D eigenvalue weighted by atomic mass is 10.0. The molecule has 1 aromatic carbocycles. The summed E-state index contributed by atoms with van der Waals surface area (Å²) in [5.41, 5.74) is 6.10. The lowest BCUT2D eigenvalue weighted by Crippen LogP contribution is -2.47. The molecular formula is C15H21ClF2N2O3. The van der Waals surface area contributed by atoms with E-state index in [1.54, 1.807) is 4.90 Å². The van der Waals surface area contributed by atoms with Gasteiger partial charge in [0.2, 0.25) is 0 Å². The van der Waals surface area contributed by atoms with Crippen LogP contribution in [0, 0.1) is 0 Å². The van der Waals surface area contributed by atoms with Gasteiger partial charge in [0.1, 0.15) is 0 Å². The summed E-state index contributed by atoms with van der Waals surface area (Å²) < 4.78 is 34.0. The van der Waals surface area contributed by atoms with E-state index in [1.807, 2.05) is 0 Å². The van der Waals surface area contributed by atoms with Crippen LogP contribution in [0.15, 0.2) is 18.2 Å². The van der Waals surface area contributed by atoms with Crippen LogP contribution in [-0.4, -0.2) is 43.7 Å². The van der Waals surface area contributed by atoms with Gasteiger partial charge in [0.05, 0.1) is 7.11 Å². The standard InChI is InChI=1S/C15H20F2N2O3.ClH/c1-21-13-8-10(5-6-12(13)22-15(16)17)14(20)19-7-3-2-4-11(19)9-18;/h5-6,8,11,15H,2-4,7,9,18H2,1H3;1H. The Morgan fingerprint density at radius 3 is 2.74 bits per heavy atom. The van der Waals surface area contributed by atoms with Crippen LogP contribution in [0.3, 0.4) is 0 Å². The summed E-state index contributed by atoms with van der Waals surface area (Å²) in [6, 6.07) is 4.22. The first-order valence-electron chi connectivity index (χ1n) is 7.20. The summed E-state index contributed by atoms with van der Waals surface area (Å²) in [4.78, 5) is 14.3. The van der Waals surface area contributed by atoms with Crippen molar-refractivity contribution >= 4 is 18.3 Å². The van der Waals surface area contributed by atoms with Crippen LogP contribution in [-0.2, 0) is 0 Å². The lowest BCUT2D eigenvalue weighted by molar-refractivity contribution is -0.0512. The zero-order valence-electron chi connectivity index (χ0n) is 12.8. The number of hydrogen-bond donors (Lipinski definition) is 1. The highest BCUT2D eigenvalue weighted by Crippen LogP contribution is 2.30. The van der Waals surface area contributed by atoms with Crippen LogP contribution in [0.2, 0.25) is 0 Å². The second-order valence-corrected chi connectivity index (χ2v) is 5.13. The number of benzene rings is 1. The fraction of sp³-hybridized carbons (Fsp3) is 0.533. The van der Waals surface area contributed by atoms with Crippen molar-refractivity contribution in [3.05, 3.63) is 23.8 Å². The highest BCUT2D eigenvalue weighted by Gasteiger charge is 2.27. The maximum absolute atomic E-state index is 12.6. The highest BCUT2D eigenvalue weighted by atomic mass is 35.5. The van der Waals surface area contributed by atoms with E-state index >= 15 is 0 Å². The van der Waals surface area contributed by atoms with Gasteiger partial charge in [-0.05, 0) is 37.5 Å². The van der Waals surface area contributed by atoms with E-state index in [-0.39, 0.29) is 35.9 Å². The molecule has 0 spiro atoms. The number of rotatable bonds is 5. The van der Waals surface area contributed by atoms with Crippen LogP contribution >= 0.6 is 12.4 Å². The van der Waals surface area contributed by atoms with Gasteiger partial charge < -0.3 is 20.1 Å². The van der Waals surface area contributed by atoms with Crippen molar-refractivity contribution in [3.8, 4) is 11.5 Å². The summed E-state index contributed by atoms with van der Waals surface area (Å²) in [5.74, 6) is -0.160. The zero-order valence-corrected chi connectivity index (χ0v) is 13.7. The molecule has 1 heterocycles. The van der Waals surface area contributed by atoms with Crippen molar-refractivity contribution in [2.45, 2.75) is 31.9 Å². The molecule has 1 amide bonds. The smallest absolute Gasteiger partial charge is 0.387 e. The first-order valence-corrected chi connectivity index (χ1v) is 7.20. The van der Waals surface area contributed by atoms with E-state index in [0.717, 1.165) is 19.3 Å². The van der Waals surface area contributed by atoms with Crippen molar-refractivity contribution in [1.29, 1.82) is 0 Å². The number of carbonyl (C=O) groups is 1. The lowest BCUT2D eigenvalue weighted by Gasteiger charge is -2.35. The molecule has 1 aromatic rings. The Hall–Kier alpha value is -1.60. The van der Waals surface area contributed by atoms with E-state index in [0.29, 0.717) is 18.7 Å². The molecule has 0 aliphatic carbocycles. The van der Waals surface area contributed by atoms with Crippen LogP contribution in [0.5, 0.6) is 11.5 Å². The minimum absolute atomic E-state index is 0. The van der Waals surface area contributed by atoms with Gasteiger partial charge in [-0.1, -0.05) is 0 Å². The summed E-state index contributed by atoms with van der Waals surface area (Å²) in [7, 11) is 1.34. The highest BCUT2D eigenvalue weighted by molar-refractivity contribution is 5.95. The van der Waals surface area contributed by atoms with Gasteiger partial charge in [-0.15, -0.1) is 12.4 Å². The molecule has 2 N–H and O–H groups in total. The zero-order chi connectivity index (χ0) is 16.1. The molecule has 1 saturated heterocycles. The molecule has 0 radical (unpaired) electrons. The molecule has 2 rings (SSSR count). The number of amides is 1. The van der Waals surface area contributed by atoms with Gasteiger partial charge in [0.15, 0.2) is 11.5 Å². The van der Waals surface area contributed by atoms with Crippen molar-refractivity contribution in [3.63, 3.8) is 0 Å². The van der Waals surface area contributed by atoms with Crippen LogP contribution in [0.1, 0.15) is 29.6 Å². The fourth-order valence-corrected chi connectivity index (χ4v) is 2.67. The van der Waals surface area contributed by atoms with Crippen LogP contribution < -0.4 is 15.2 Å². The summed E-state index contributed by atoms with van der Waals surface area (Å²) in [5, 5.41) is 0. The molecule has 0 aromatic heterocycles. The van der Waals surface area contributed by atoms with E-state index in [4.69, 9.17) is 10.5 Å². The second-order valence-electron chi connectivity index (χ2n) is 5.13. The quantitative estimate of drug-likeness (QED) is 0.886. The topological polar surface area (TPSA) is 64.8 Å². The number of ether oxygens (including phenoxy) is 2. The Morgan fingerprint density at radius 2 is 2.13 bits per heavy atom. The molecule has 130 valence electrons. The molecule has 5 nitrogen and oxygen atoms in total. The molecule has 8 heteroatoms. The number of methoxy groups -OCH3 is 1. The second kappa shape index (κ2) is 8.88. The maximum Gasteiger partial charge on any atom is 0.387 e. The summed E-state index contributed by atoms with van der Waals surface area (Å²) in [6.45, 7) is -1.88. The van der Waals surface area contributed by atoms with E-state index in [1.165, 1.54) is 25.3 Å². The van der Waals surface area contributed by atoms with Gasteiger partial charge >= 0.3 is 6.61 Å². The fourth-order valence-electron chi connectivity index (χ4n) is 2.67. The third-order valence-electron chi connectivity index (χ3n) is 3.79. The Balaban J connectivity index is 0.00000264. The summed E-state index contributed by atoms with van der Waals surface area (Å²) in [6.07, 6.45) is 2.87. The monoisotopic (exact) mass is 350 g/mol. The number of carbonyl (C=O) groups excluding carboxylic acids is 1. The number of hydrogen-bond acceptors (Lipinski definition) is 4. The molecular weight excluding hydrogens is 330 g/mol. The first-order chi connectivity index (χ1) is 10.6. The van der Waals surface area contributed by atoms with Crippen molar-refractivity contribution < 1.29 is 23.0 Å². The Labute approximate surface area is 140 Å². The van der Waals surface area contributed by atoms with Crippen LogP contribution in [0.25, 0.3) is 0 Å². The minimum atomic E-state index is -2.95. The van der Waals surface area contributed by atoms with Crippen molar-refractivity contribution in [2.75, 3.05) is 20.2 Å². The average Bonchev–Trinajstić information content (AvgIpc) is 2.54. The number of alkyl halides is 2. The predicted octanol–water partition coefficient (Wildman–Crippen LogP) is 2.67. The van der Waals surface area contributed by atoms with Gasteiger partial charge in [-0.3, -0.25) is 4.79 Å². The van der Waals surface area contributed by atoms with Gasteiger partial charge in [-0.25, -0.2) is 0 Å². The third-order valence-corrected chi connectivity index (χ3v) is 3.79. The van der Waals surface area contributed by atoms with Gasteiger partial charge in [0, 0.05) is 24.7 Å². The largest absolute Gasteiger partial charge is 0.493 e. The summed E-state index contributed by atoms with van der Waals surface area (Å²) >= 11 is 0. The molecule has 1 fully saturated rings.